The van der Waals surface area contributed by atoms with Gasteiger partial charge in [0.25, 0.3) is 0 Å². The Bertz CT molecular complexity index is 526. The summed E-state index contributed by atoms with van der Waals surface area (Å²) in [5, 5.41) is 4.54. The van der Waals surface area contributed by atoms with Crippen molar-refractivity contribution in [2.75, 3.05) is 38.3 Å². The highest BCUT2D eigenvalue weighted by atomic mass is 16.5. The van der Waals surface area contributed by atoms with E-state index >= 15 is 0 Å². The molecule has 3 rings (SSSR count). The number of morpholine rings is 1. The zero-order valence-electron chi connectivity index (χ0n) is 10.3. The van der Waals surface area contributed by atoms with Gasteiger partial charge in [-0.1, -0.05) is 0 Å². The topological polar surface area (TPSA) is 51.9 Å². The minimum Gasteiger partial charge on any atom is -0.382 e. The normalized spacial score (nSPS) is 20.5. The van der Waals surface area contributed by atoms with Gasteiger partial charge in [0.2, 0.25) is 0 Å². The number of methoxy groups -OCH3 is 1. The molecule has 18 heavy (non-hydrogen) atoms. The molecule has 6 heteroatoms. The van der Waals surface area contributed by atoms with Crippen molar-refractivity contribution in [1.82, 2.24) is 14.6 Å². The van der Waals surface area contributed by atoms with E-state index in [1.165, 1.54) is 0 Å². The van der Waals surface area contributed by atoms with Gasteiger partial charge in [-0.2, -0.15) is 0 Å². The van der Waals surface area contributed by atoms with E-state index in [1.807, 2.05) is 18.3 Å². The molecule has 3 heterocycles. The standard InChI is InChI=1S/C12H16N4O2/c1-17-9-10-8-15(6-7-18-10)12-3-2-11-13-4-5-16(11)14-12/h2-5,10H,6-9H2,1H3. The van der Waals surface area contributed by atoms with Crippen LogP contribution in [0.2, 0.25) is 0 Å². The third-order valence-corrected chi connectivity index (χ3v) is 3.06. The zero-order valence-corrected chi connectivity index (χ0v) is 10.3. The Labute approximate surface area is 105 Å². The maximum absolute atomic E-state index is 5.63. The molecule has 0 amide bonds. The maximum Gasteiger partial charge on any atom is 0.153 e. The van der Waals surface area contributed by atoms with E-state index in [0.29, 0.717) is 13.2 Å². The van der Waals surface area contributed by atoms with Gasteiger partial charge < -0.3 is 14.4 Å². The molecular weight excluding hydrogens is 232 g/mol. The highest BCUT2D eigenvalue weighted by Crippen LogP contribution is 2.15. The molecule has 0 spiro atoms. The first-order valence-electron chi connectivity index (χ1n) is 6.03. The fourth-order valence-electron chi connectivity index (χ4n) is 2.19. The van der Waals surface area contributed by atoms with Crippen LogP contribution in [0.5, 0.6) is 0 Å². The lowest BCUT2D eigenvalue weighted by atomic mass is 10.3. The first-order valence-corrected chi connectivity index (χ1v) is 6.03. The summed E-state index contributed by atoms with van der Waals surface area (Å²) in [6.07, 6.45) is 3.72. The smallest absolute Gasteiger partial charge is 0.153 e. The summed E-state index contributed by atoms with van der Waals surface area (Å²) in [7, 11) is 1.69. The van der Waals surface area contributed by atoms with Crippen molar-refractivity contribution < 1.29 is 9.47 Å². The van der Waals surface area contributed by atoms with Crippen molar-refractivity contribution in [3.63, 3.8) is 0 Å². The fourth-order valence-corrected chi connectivity index (χ4v) is 2.19. The average Bonchev–Trinajstić information content (AvgIpc) is 2.86. The SMILES string of the molecule is COCC1CN(c2ccc3nccn3n2)CCO1. The van der Waals surface area contributed by atoms with E-state index in [0.717, 1.165) is 24.6 Å². The third-order valence-electron chi connectivity index (χ3n) is 3.06. The quantitative estimate of drug-likeness (QED) is 0.795. The van der Waals surface area contributed by atoms with Gasteiger partial charge in [-0.05, 0) is 12.1 Å². The molecule has 1 atom stereocenters. The lowest BCUT2D eigenvalue weighted by Gasteiger charge is -2.33. The van der Waals surface area contributed by atoms with Gasteiger partial charge in [-0.25, -0.2) is 9.50 Å². The van der Waals surface area contributed by atoms with Crippen molar-refractivity contribution in [2.45, 2.75) is 6.10 Å². The zero-order chi connectivity index (χ0) is 12.4. The summed E-state index contributed by atoms with van der Waals surface area (Å²) in [5.74, 6) is 0.949. The molecule has 0 saturated carbocycles. The van der Waals surface area contributed by atoms with E-state index in [4.69, 9.17) is 9.47 Å². The molecule has 2 aromatic rings. The van der Waals surface area contributed by atoms with E-state index in [-0.39, 0.29) is 6.10 Å². The number of rotatable bonds is 3. The van der Waals surface area contributed by atoms with Gasteiger partial charge in [0, 0.05) is 32.6 Å². The molecule has 1 fully saturated rings. The number of anilines is 1. The summed E-state index contributed by atoms with van der Waals surface area (Å²) in [5.41, 5.74) is 0.862. The van der Waals surface area contributed by atoms with Crippen LogP contribution >= 0.6 is 0 Å². The van der Waals surface area contributed by atoms with Crippen LogP contribution in [0.1, 0.15) is 0 Å². The molecule has 1 aliphatic rings. The minimum absolute atomic E-state index is 0.115. The van der Waals surface area contributed by atoms with E-state index in [9.17, 15) is 0 Å². The fraction of sp³-hybridized carbons (Fsp3) is 0.500. The van der Waals surface area contributed by atoms with Crippen LogP contribution in [0, 0.1) is 0 Å². The number of ether oxygens (including phenoxy) is 2. The van der Waals surface area contributed by atoms with Crippen molar-refractivity contribution in [3.05, 3.63) is 24.5 Å². The van der Waals surface area contributed by atoms with Gasteiger partial charge in [0.15, 0.2) is 5.65 Å². The average molecular weight is 248 g/mol. The monoisotopic (exact) mass is 248 g/mol. The summed E-state index contributed by atoms with van der Waals surface area (Å²) in [4.78, 5) is 6.40. The van der Waals surface area contributed by atoms with Crippen LogP contribution in [0.15, 0.2) is 24.5 Å². The molecule has 2 aromatic heterocycles. The summed E-state index contributed by atoms with van der Waals surface area (Å²) in [6, 6.07) is 3.97. The molecule has 1 aliphatic heterocycles. The third kappa shape index (κ3) is 2.16. The number of fused-ring (bicyclic) bond motifs is 1. The summed E-state index contributed by atoms with van der Waals surface area (Å²) in [6.45, 7) is 2.98. The second-order valence-electron chi connectivity index (χ2n) is 4.32. The number of imidazole rings is 1. The Balaban J connectivity index is 1.80. The lowest BCUT2D eigenvalue weighted by Crippen LogP contribution is -2.44. The second kappa shape index (κ2) is 4.91. The van der Waals surface area contributed by atoms with Crippen molar-refractivity contribution >= 4 is 11.5 Å². The predicted molar refractivity (Wildman–Crippen MR) is 66.8 cm³/mol. The molecule has 1 unspecified atom stereocenters. The largest absolute Gasteiger partial charge is 0.382 e. The molecule has 0 N–H and O–H groups in total. The maximum atomic E-state index is 5.63. The first-order chi connectivity index (χ1) is 8.86. The van der Waals surface area contributed by atoms with Crippen molar-refractivity contribution in [3.8, 4) is 0 Å². The van der Waals surface area contributed by atoms with E-state index < -0.39 is 0 Å². The molecule has 6 nitrogen and oxygen atoms in total. The molecule has 0 aromatic carbocycles. The lowest BCUT2D eigenvalue weighted by molar-refractivity contribution is -0.0102. The highest BCUT2D eigenvalue weighted by Gasteiger charge is 2.21. The Morgan fingerprint density at radius 3 is 3.33 bits per heavy atom. The van der Waals surface area contributed by atoms with Gasteiger partial charge in [0.1, 0.15) is 5.82 Å². The first kappa shape index (κ1) is 11.4. The molecule has 1 saturated heterocycles. The Hall–Kier alpha value is -1.66. The van der Waals surface area contributed by atoms with Crippen LogP contribution in [0.4, 0.5) is 5.82 Å². The molecule has 0 radical (unpaired) electrons. The highest BCUT2D eigenvalue weighted by molar-refractivity contribution is 5.46. The van der Waals surface area contributed by atoms with Gasteiger partial charge in [-0.15, -0.1) is 5.10 Å². The second-order valence-corrected chi connectivity index (χ2v) is 4.32. The molecular formula is C12H16N4O2. The number of hydrogen-bond donors (Lipinski definition) is 0. The Morgan fingerprint density at radius 1 is 1.50 bits per heavy atom. The van der Waals surface area contributed by atoms with Gasteiger partial charge in [0.05, 0.1) is 19.3 Å². The predicted octanol–water partition coefficient (Wildman–Crippen LogP) is 0.581. The number of hydrogen-bond acceptors (Lipinski definition) is 5. The van der Waals surface area contributed by atoms with Crippen LogP contribution in [-0.4, -0.2) is 54.1 Å². The Morgan fingerprint density at radius 2 is 2.44 bits per heavy atom. The number of nitrogens with zero attached hydrogens (tertiary/aromatic N) is 4. The van der Waals surface area contributed by atoms with E-state index in [1.54, 1.807) is 17.8 Å². The molecule has 0 bridgehead atoms. The van der Waals surface area contributed by atoms with Crippen LogP contribution in [0.3, 0.4) is 0 Å². The molecule has 0 aliphatic carbocycles. The van der Waals surface area contributed by atoms with Crippen molar-refractivity contribution in [1.29, 1.82) is 0 Å². The minimum atomic E-state index is 0.115. The van der Waals surface area contributed by atoms with Gasteiger partial charge >= 0.3 is 0 Å². The Kier molecular flexibility index (Phi) is 3.12. The van der Waals surface area contributed by atoms with Crippen LogP contribution in [0.25, 0.3) is 5.65 Å². The van der Waals surface area contributed by atoms with Crippen LogP contribution < -0.4 is 4.90 Å². The van der Waals surface area contributed by atoms with Gasteiger partial charge in [-0.3, -0.25) is 0 Å². The van der Waals surface area contributed by atoms with Crippen LogP contribution in [-0.2, 0) is 9.47 Å². The summed E-state index contributed by atoms with van der Waals surface area (Å²) < 4.78 is 12.6. The van der Waals surface area contributed by atoms with Crippen molar-refractivity contribution in [2.24, 2.45) is 0 Å². The summed E-state index contributed by atoms with van der Waals surface area (Å²) >= 11 is 0. The van der Waals surface area contributed by atoms with E-state index in [2.05, 4.69) is 15.0 Å². The molecule has 96 valence electrons. The number of aromatic nitrogens is 3.